The summed E-state index contributed by atoms with van der Waals surface area (Å²) in [6.45, 7) is -1.69. The number of imidazole rings is 1. The number of nitrogens with zero attached hydrogens (tertiary/aromatic N) is 5. The second-order valence-electron chi connectivity index (χ2n) is 20.9. The van der Waals surface area contributed by atoms with E-state index in [1.54, 1.807) is 18.2 Å². The van der Waals surface area contributed by atoms with Gasteiger partial charge in [0.1, 0.15) is 0 Å². The van der Waals surface area contributed by atoms with Crippen molar-refractivity contribution in [2.75, 3.05) is 9.62 Å². The van der Waals surface area contributed by atoms with E-state index in [9.17, 15) is 6.85 Å². The van der Waals surface area contributed by atoms with Gasteiger partial charge < -0.3 is 0 Å². The predicted molar refractivity (Wildman–Crippen MR) is 327 cm³/mol. The number of aryl methyl sites for hydroxylation is 1. The van der Waals surface area contributed by atoms with Gasteiger partial charge >= 0.3 is 420 Å². The molecular formula is C72H54BN5OPt. The molecular weight excluding hydrogens is 1160 g/mol. The number of fused-ring (bicyclic) bond motifs is 10. The molecule has 0 fully saturated rings. The molecule has 3 aliphatic rings. The third-order valence-electron chi connectivity index (χ3n) is 15.7. The first-order chi connectivity index (χ1) is 42.5. The second kappa shape index (κ2) is 19.1. The molecule has 0 aliphatic carbocycles. The molecule has 0 saturated carbocycles. The molecule has 3 aliphatic heterocycles. The molecule has 0 saturated heterocycles. The summed E-state index contributed by atoms with van der Waals surface area (Å²) in [6, 6.07) is 77.5. The molecule has 6 nitrogen and oxygen atoms in total. The van der Waals surface area contributed by atoms with Crippen LogP contribution in [0.3, 0.4) is 0 Å². The third-order valence-corrected chi connectivity index (χ3v) is 16.7. The number of pyridine rings is 1. The zero-order chi connectivity index (χ0) is 60.5. The van der Waals surface area contributed by atoms with Gasteiger partial charge in [-0.1, -0.05) is 42.5 Å². The van der Waals surface area contributed by atoms with Crippen LogP contribution in [0.25, 0.3) is 89.2 Å². The Kier molecular flexibility index (Phi) is 9.60. The molecule has 0 atom stereocenters. The number of para-hydroxylation sites is 5. The van der Waals surface area contributed by atoms with Crippen LogP contribution in [0.1, 0.15) is 41.5 Å². The molecule has 0 radical (unpaired) electrons. The SMILES string of the molecule is [2H]C([2H])([2H])c1cccc(-c2cc(C([2H])([2H])C(C)C)cc(-c3ccc(-c4ccccc4)cc3)c2-n2[c](=[Pt])n(-c3cccc(Oc4nc5c(c(C([2H])([2H])[2H])c4-c4ccccc4)-c4cccc6c4B4N(c7ccccc7-6)c6ccccc6N45)c3)c3ccccc32)c1. The molecule has 80 heavy (non-hydrogen) atoms. The van der Waals surface area contributed by atoms with Crippen molar-refractivity contribution in [3.05, 3.63) is 257 Å². The van der Waals surface area contributed by atoms with Crippen LogP contribution in [0, 0.1) is 23.4 Å². The number of aromatic nitrogens is 3. The van der Waals surface area contributed by atoms with Gasteiger partial charge in [0.2, 0.25) is 0 Å². The topological polar surface area (TPSA) is 38.5 Å². The second-order valence-corrected chi connectivity index (χ2v) is 21.9. The first-order valence-electron chi connectivity index (χ1n) is 30.9. The molecule has 0 bridgehead atoms. The average molecular weight is 1220 g/mol. The Hall–Kier alpha value is -9.03. The Balaban J connectivity index is 0.949. The predicted octanol–water partition coefficient (Wildman–Crippen LogP) is 17.8. The van der Waals surface area contributed by atoms with Gasteiger partial charge in [0.15, 0.2) is 0 Å². The number of benzene rings is 10. The minimum atomic E-state index is -2.65. The van der Waals surface area contributed by atoms with E-state index >= 15 is 0 Å². The summed E-state index contributed by atoms with van der Waals surface area (Å²) in [5.74, 6) is 0.617. The Morgan fingerprint density at radius 1 is 0.512 bits per heavy atom. The van der Waals surface area contributed by atoms with Crippen LogP contribution >= 0.6 is 0 Å². The van der Waals surface area contributed by atoms with E-state index in [4.69, 9.17) is 13.8 Å². The Labute approximate surface area is 489 Å². The number of rotatable bonds is 10. The van der Waals surface area contributed by atoms with Gasteiger partial charge in [-0.15, -0.1) is 0 Å². The van der Waals surface area contributed by atoms with E-state index in [0.29, 0.717) is 44.9 Å². The van der Waals surface area contributed by atoms with Gasteiger partial charge in [-0.05, 0) is 17.7 Å². The monoisotopic (exact) mass is 1220 g/mol. The number of ether oxygens (including phenoxy) is 1. The first-order valence-corrected chi connectivity index (χ1v) is 28.1. The van der Waals surface area contributed by atoms with Crippen LogP contribution in [-0.4, -0.2) is 21.1 Å². The average Bonchev–Trinajstić information content (AvgIpc) is 1.76. The number of hydrogen-bond donors (Lipinski definition) is 0. The van der Waals surface area contributed by atoms with E-state index in [1.807, 2.05) is 141 Å². The van der Waals surface area contributed by atoms with E-state index in [2.05, 4.69) is 129 Å². The molecule has 0 unspecified atom stereocenters. The van der Waals surface area contributed by atoms with Gasteiger partial charge in [-0.3, -0.25) is 0 Å². The fourth-order valence-electron chi connectivity index (χ4n) is 12.4. The first kappa shape index (κ1) is 40.2. The van der Waals surface area contributed by atoms with Crippen LogP contribution in [-0.2, 0) is 25.7 Å². The van der Waals surface area contributed by atoms with Gasteiger partial charge in [0.05, 0.1) is 0 Å². The van der Waals surface area contributed by atoms with E-state index in [-0.39, 0.29) is 24.0 Å². The van der Waals surface area contributed by atoms with Gasteiger partial charge in [-0.25, -0.2) is 0 Å². The van der Waals surface area contributed by atoms with Crippen molar-refractivity contribution < 1.29 is 35.1 Å². The van der Waals surface area contributed by atoms with Gasteiger partial charge in [0, 0.05) is 11.3 Å². The van der Waals surface area contributed by atoms with E-state index in [0.717, 1.165) is 87.7 Å². The molecule has 0 spiro atoms. The van der Waals surface area contributed by atoms with Gasteiger partial charge in [-0.2, -0.15) is 0 Å². The van der Waals surface area contributed by atoms with Crippen molar-refractivity contribution in [3.8, 4) is 89.8 Å². The van der Waals surface area contributed by atoms with Crippen LogP contribution in [0.2, 0.25) is 0 Å². The summed E-state index contributed by atoms with van der Waals surface area (Å²) in [6.07, 6.45) is -1.78. The van der Waals surface area contributed by atoms with Crippen molar-refractivity contribution in [1.29, 1.82) is 0 Å². The van der Waals surface area contributed by atoms with Crippen LogP contribution in [0.15, 0.2) is 237 Å². The standard InChI is InChI=1S/C72H54BN5O.Pt/c1-46(2)40-49-42-60(52-38-36-51(37-39-52)50-21-7-5-8-22-50)70(61(43-49)54-25-17-20-47(3)41-54)76-45-75(63-32-13-14-33-64(63)76)55-26-18-27-56(44-55)79-72-67(53-23-9-6-10-24-53)48(4)68-59-30-19-29-58-57-28-11-12-31-62(57)77-65-34-15-16-35-66(65)78(71(68)74-72)73(77)69(58)59;/h5-39,41-44,46H,40H2,1-4H3;/i3D3,4D3,40D2;. The summed E-state index contributed by atoms with van der Waals surface area (Å²) in [5.41, 5.74) is 17.2. The zero-order valence-corrected chi connectivity index (χ0v) is 45.9. The van der Waals surface area contributed by atoms with Crippen molar-refractivity contribution in [3.63, 3.8) is 0 Å². The van der Waals surface area contributed by atoms with Gasteiger partial charge in [0.25, 0.3) is 0 Å². The van der Waals surface area contributed by atoms with Crippen molar-refractivity contribution in [2.24, 2.45) is 5.92 Å². The fraction of sp³-hybridized carbons (Fsp3) is 0.0833. The zero-order valence-electron chi connectivity index (χ0n) is 51.6. The van der Waals surface area contributed by atoms with Crippen LogP contribution < -0.4 is 19.8 Å². The maximum atomic E-state index is 9.59. The normalized spacial score (nSPS) is 14.6. The summed E-state index contributed by atoms with van der Waals surface area (Å²) in [7, 11) is 0. The summed E-state index contributed by atoms with van der Waals surface area (Å²) >= 11 is 2.36. The van der Waals surface area contributed by atoms with Crippen molar-refractivity contribution >= 4 is 46.4 Å². The number of hydrogen-bond acceptors (Lipinski definition) is 4. The van der Waals surface area contributed by atoms with E-state index < -0.39 is 26.0 Å². The number of anilines is 4. The Morgan fingerprint density at radius 2 is 1.11 bits per heavy atom. The van der Waals surface area contributed by atoms with Crippen molar-refractivity contribution in [1.82, 2.24) is 14.1 Å². The summed E-state index contributed by atoms with van der Waals surface area (Å²) < 4.78 is 85.7. The Morgan fingerprint density at radius 3 is 1.86 bits per heavy atom. The quantitative estimate of drug-likeness (QED) is 0.128. The van der Waals surface area contributed by atoms with Crippen molar-refractivity contribution in [2.45, 2.75) is 33.9 Å². The third kappa shape index (κ3) is 7.66. The molecule has 10 aromatic carbocycles. The maximum absolute atomic E-state index is 9.59. The molecule has 12 aromatic rings. The minimum absolute atomic E-state index is 0.135. The van der Waals surface area contributed by atoms with E-state index in [1.165, 1.54) is 0 Å². The molecule has 8 heteroatoms. The molecule has 2 aromatic heterocycles. The molecule has 0 N–H and O–H groups in total. The molecule has 386 valence electrons. The fourth-order valence-corrected chi connectivity index (χ4v) is 13.5. The Bertz CT molecular complexity index is 4870. The van der Waals surface area contributed by atoms with Crippen LogP contribution in [0.4, 0.5) is 22.9 Å². The molecule has 5 heterocycles. The molecule has 15 rings (SSSR count). The van der Waals surface area contributed by atoms with Crippen LogP contribution in [0.5, 0.6) is 11.6 Å². The molecule has 0 amide bonds. The summed E-state index contributed by atoms with van der Waals surface area (Å²) in [4.78, 5) is 10.1. The summed E-state index contributed by atoms with van der Waals surface area (Å²) in [5, 5.41) is 0.